The Morgan fingerprint density at radius 2 is 2.00 bits per heavy atom. The van der Waals surface area contributed by atoms with Crippen molar-refractivity contribution in [3.05, 3.63) is 11.9 Å². The summed E-state index contributed by atoms with van der Waals surface area (Å²) in [4.78, 5) is 0. The van der Waals surface area contributed by atoms with Crippen LogP contribution in [0.4, 0.5) is 0 Å². The molecule has 0 bridgehead atoms. The number of hydrogen-bond acceptors (Lipinski definition) is 1. The average Bonchev–Trinajstić information content (AvgIpc) is 2.32. The van der Waals surface area contributed by atoms with Gasteiger partial charge in [-0.25, -0.2) is 0 Å². The van der Waals surface area contributed by atoms with Crippen molar-refractivity contribution in [3.8, 4) is 0 Å². The number of aryl methyl sites for hydroxylation is 1. The van der Waals surface area contributed by atoms with Crippen molar-refractivity contribution in [2.24, 2.45) is 0 Å². The Labute approximate surface area is 82.0 Å². The number of nitrogens with zero attached hydrogens (tertiary/aromatic N) is 2. The van der Waals surface area contributed by atoms with Crippen molar-refractivity contribution >= 4 is 13.3 Å². The number of rotatable bonds is 3. The normalized spacial score (nSPS) is 12.1. The summed E-state index contributed by atoms with van der Waals surface area (Å²) in [7, 11) is -1.17. The third kappa shape index (κ3) is 2.21. The van der Waals surface area contributed by atoms with Crippen LogP contribution in [-0.4, -0.2) is 17.9 Å². The molecule has 0 aliphatic rings. The van der Waals surface area contributed by atoms with Crippen LogP contribution >= 0.6 is 0 Å². The van der Waals surface area contributed by atoms with Crippen LogP contribution in [-0.2, 0) is 6.54 Å². The number of hydrogen-bond donors (Lipinski definition) is 0. The summed E-state index contributed by atoms with van der Waals surface area (Å²) in [5.41, 5.74) is 1.38. The van der Waals surface area contributed by atoms with Gasteiger partial charge in [0, 0.05) is 18.4 Å². The summed E-state index contributed by atoms with van der Waals surface area (Å²) in [6.07, 6.45) is 3.23. The van der Waals surface area contributed by atoms with Gasteiger partial charge < -0.3 is 0 Å². The molecule has 0 spiro atoms. The highest BCUT2D eigenvalue weighted by Gasteiger charge is 2.21. The van der Waals surface area contributed by atoms with Crippen molar-refractivity contribution in [1.29, 1.82) is 0 Å². The van der Waals surface area contributed by atoms with Crippen molar-refractivity contribution in [3.63, 3.8) is 0 Å². The molecule has 0 aromatic carbocycles. The maximum absolute atomic E-state index is 4.42. The second kappa shape index (κ2) is 3.66. The monoisotopic (exact) mass is 196 g/mol. The van der Waals surface area contributed by atoms with Crippen molar-refractivity contribution in [2.45, 2.75) is 46.5 Å². The van der Waals surface area contributed by atoms with Gasteiger partial charge >= 0.3 is 0 Å². The molecule has 1 aromatic rings. The van der Waals surface area contributed by atoms with Gasteiger partial charge in [0.15, 0.2) is 0 Å². The van der Waals surface area contributed by atoms with E-state index in [4.69, 9.17) is 0 Å². The fraction of sp³-hybridized carbons (Fsp3) is 0.700. The van der Waals surface area contributed by atoms with Crippen LogP contribution in [0.15, 0.2) is 6.20 Å². The number of aromatic nitrogens is 2. The summed E-state index contributed by atoms with van der Waals surface area (Å²) >= 11 is 0. The Hall–Kier alpha value is -0.573. The molecule has 0 amide bonds. The SMILES string of the molecule is CCCn1ncc([Si](C)(C)C)c1C. The van der Waals surface area contributed by atoms with E-state index in [0.29, 0.717) is 0 Å². The molecule has 1 aromatic heterocycles. The minimum Gasteiger partial charge on any atom is -0.270 e. The molecule has 0 N–H and O–H groups in total. The standard InChI is InChI=1S/C10H20N2Si/c1-6-7-12-9(2)10(8-11-12)13(3,4)5/h8H,6-7H2,1-5H3. The summed E-state index contributed by atoms with van der Waals surface area (Å²) in [5, 5.41) is 5.92. The minimum absolute atomic E-state index is 1.05. The lowest BCUT2D eigenvalue weighted by Crippen LogP contribution is -2.38. The van der Waals surface area contributed by atoms with Crippen molar-refractivity contribution < 1.29 is 0 Å². The first-order chi connectivity index (χ1) is 5.96. The van der Waals surface area contributed by atoms with Gasteiger partial charge in [-0.3, -0.25) is 4.68 Å². The zero-order valence-electron chi connectivity index (χ0n) is 9.39. The van der Waals surface area contributed by atoms with Crippen molar-refractivity contribution in [1.82, 2.24) is 9.78 Å². The zero-order valence-corrected chi connectivity index (χ0v) is 10.4. The van der Waals surface area contributed by atoms with Crippen LogP contribution in [0.1, 0.15) is 19.0 Å². The Morgan fingerprint density at radius 1 is 1.38 bits per heavy atom. The summed E-state index contributed by atoms with van der Waals surface area (Å²) in [6.45, 7) is 12.5. The zero-order chi connectivity index (χ0) is 10.1. The van der Waals surface area contributed by atoms with Gasteiger partial charge in [-0.1, -0.05) is 26.6 Å². The van der Waals surface area contributed by atoms with Gasteiger partial charge in [0.05, 0.1) is 8.07 Å². The molecule has 0 atom stereocenters. The molecule has 1 heterocycles. The highest BCUT2D eigenvalue weighted by Crippen LogP contribution is 2.06. The van der Waals surface area contributed by atoms with Gasteiger partial charge in [0.1, 0.15) is 0 Å². The van der Waals surface area contributed by atoms with Gasteiger partial charge in [-0.05, 0) is 18.5 Å². The minimum atomic E-state index is -1.17. The lowest BCUT2D eigenvalue weighted by atomic mass is 10.4. The van der Waals surface area contributed by atoms with Crippen LogP contribution in [0.2, 0.25) is 19.6 Å². The molecular weight excluding hydrogens is 176 g/mol. The van der Waals surface area contributed by atoms with Gasteiger partial charge in [-0.2, -0.15) is 5.10 Å². The molecule has 0 saturated carbocycles. The Balaban J connectivity index is 2.99. The topological polar surface area (TPSA) is 17.8 Å². The largest absolute Gasteiger partial charge is 0.270 e. The van der Waals surface area contributed by atoms with Gasteiger partial charge in [0.2, 0.25) is 0 Å². The first-order valence-corrected chi connectivity index (χ1v) is 8.49. The van der Waals surface area contributed by atoms with Crippen LogP contribution in [0.3, 0.4) is 0 Å². The van der Waals surface area contributed by atoms with E-state index in [9.17, 15) is 0 Å². The Kier molecular flexibility index (Phi) is 2.96. The van der Waals surface area contributed by atoms with E-state index in [2.05, 4.69) is 49.5 Å². The second-order valence-corrected chi connectivity index (χ2v) is 9.66. The van der Waals surface area contributed by atoms with Crippen LogP contribution < -0.4 is 5.19 Å². The van der Waals surface area contributed by atoms with E-state index in [0.717, 1.165) is 13.0 Å². The fourth-order valence-corrected chi connectivity index (χ4v) is 3.28. The highest BCUT2D eigenvalue weighted by molar-refractivity contribution is 6.88. The molecule has 74 valence electrons. The average molecular weight is 196 g/mol. The smallest absolute Gasteiger partial charge is 0.0820 e. The third-order valence-corrected chi connectivity index (χ3v) is 4.45. The molecule has 1 rings (SSSR count). The summed E-state index contributed by atoms with van der Waals surface area (Å²) in [5.74, 6) is 0. The quantitative estimate of drug-likeness (QED) is 0.677. The van der Waals surface area contributed by atoms with E-state index in [-0.39, 0.29) is 0 Å². The van der Waals surface area contributed by atoms with E-state index >= 15 is 0 Å². The molecule has 0 aliphatic carbocycles. The van der Waals surface area contributed by atoms with E-state index in [1.807, 2.05) is 0 Å². The molecule has 0 aliphatic heterocycles. The molecule has 0 fully saturated rings. The highest BCUT2D eigenvalue weighted by atomic mass is 28.3. The van der Waals surface area contributed by atoms with Gasteiger partial charge in [0.25, 0.3) is 0 Å². The van der Waals surface area contributed by atoms with E-state index in [1.165, 1.54) is 10.9 Å². The first kappa shape index (κ1) is 10.5. The fourth-order valence-electron chi connectivity index (χ4n) is 1.62. The third-order valence-electron chi connectivity index (χ3n) is 2.35. The lowest BCUT2D eigenvalue weighted by Gasteiger charge is -2.15. The van der Waals surface area contributed by atoms with Crippen LogP contribution in [0, 0.1) is 6.92 Å². The molecule has 3 heteroatoms. The van der Waals surface area contributed by atoms with E-state index < -0.39 is 8.07 Å². The van der Waals surface area contributed by atoms with E-state index in [1.54, 1.807) is 0 Å². The maximum Gasteiger partial charge on any atom is 0.0820 e. The molecule has 0 unspecified atom stereocenters. The van der Waals surface area contributed by atoms with Crippen LogP contribution in [0.5, 0.6) is 0 Å². The molecule has 0 saturated heterocycles. The molecule has 0 radical (unpaired) electrons. The molecular formula is C10H20N2Si. The Bertz CT molecular complexity index is 284. The lowest BCUT2D eigenvalue weighted by molar-refractivity contribution is 0.588. The first-order valence-electron chi connectivity index (χ1n) is 4.99. The van der Waals surface area contributed by atoms with Crippen LogP contribution in [0.25, 0.3) is 0 Å². The second-order valence-electron chi connectivity index (χ2n) is 4.62. The van der Waals surface area contributed by atoms with Gasteiger partial charge in [-0.15, -0.1) is 0 Å². The summed E-state index contributed by atoms with van der Waals surface area (Å²) in [6, 6.07) is 0. The Morgan fingerprint density at radius 3 is 2.38 bits per heavy atom. The molecule has 2 nitrogen and oxygen atoms in total. The molecule has 13 heavy (non-hydrogen) atoms. The predicted molar refractivity (Wildman–Crippen MR) is 60.2 cm³/mol. The predicted octanol–water partition coefficient (Wildman–Crippen LogP) is 2.15. The maximum atomic E-state index is 4.42. The summed E-state index contributed by atoms with van der Waals surface area (Å²) < 4.78 is 2.13. The van der Waals surface area contributed by atoms with Crippen molar-refractivity contribution in [2.75, 3.05) is 0 Å².